The third-order valence-electron chi connectivity index (χ3n) is 4.34. The zero-order valence-electron chi connectivity index (χ0n) is 17.5. The number of hydrogen-bond acceptors (Lipinski definition) is 6. The van der Waals surface area contributed by atoms with Gasteiger partial charge >= 0.3 is 0 Å². The zero-order chi connectivity index (χ0) is 21.6. The predicted octanol–water partition coefficient (Wildman–Crippen LogP) is 2.83. The second kappa shape index (κ2) is 9.71. The molecule has 1 aromatic heterocycles. The van der Waals surface area contributed by atoms with Gasteiger partial charge in [-0.15, -0.1) is 0 Å². The van der Waals surface area contributed by atoms with Gasteiger partial charge in [0.1, 0.15) is 5.56 Å². The molecule has 0 saturated carbocycles. The van der Waals surface area contributed by atoms with Crippen LogP contribution in [0.25, 0.3) is 0 Å². The SMILES string of the molecule is CCOc1ncccc1C(=O)Nc1cc(S(=O)(=O)N(CC)CC)ccc1N(C)C. The van der Waals surface area contributed by atoms with E-state index < -0.39 is 15.9 Å². The van der Waals surface area contributed by atoms with E-state index in [1.165, 1.54) is 10.4 Å². The third kappa shape index (κ3) is 5.04. The first-order valence-corrected chi connectivity index (χ1v) is 10.9. The molecule has 158 valence electrons. The molecule has 0 spiro atoms. The lowest BCUT2D eigenvalue weighted by Gasteiger charge is -2.22. The molecule has 0 unspecified atom stereocenters. The van der Waals surface area contributed by atoms with Crippen molar-refractivity contribution in [2.75, 3.05) is 44.0 Å². The summed E-state index contributed by atoms with van der Waals surface area (Å²) >= 11 is 0. The van der Waals surface area contributed by atoms with Crippen molar-refractivity contribution in [2.24, 2.45) is 0 Å². The highest BCUT2D eigenvalue weighted by Crippen LogP contribution is 2.30. The van der Waals surface area contributed by atoms with Crippen LogP contribution in [-0.4, -0.2) is 57.4 Å². The van der Waals surface area contributed by atoms with Crippen LogP contribution in [0.1, 0.15) is 31.1 Å². The molecule has 2 rings (SSSR count). The summed E-state index contributed by atoms with van der Waals surface area (Å²) in [6.07, 6.45) is 1.55. The molecular formula is C20H28N4O4S. The number of aromatic nitrogens is 1. The van der Waals surface area contributed by atoms with Crippen LogP contribution in [0.3, 0.4) is 0 Å². The molecule has 0 bridgehead atoms. The number of sulfonamides is 1. The largest absolute Gasteiger partial charge is 0.477 e. The number of amides is 1. The van der Waals surface area contributed by atoms with Crippen LogP contribution in [0.5, 0.6) is 5.88 Å². The van der Waals surface area contributed by atoms with Crippen LogP contribution in [-0.2, 0) is 10.0 Å². The fourth-order valence-corrected chi connectivity index (χ4v) is 4.37. The van der Waals surface area contributed by atoms with Gasteiger partial charge in [-0.3, -0.25) is 4.79 Å². The Hall–Kier alpha value is -2.65. The molecule has 2 aromatic rings. The fraction of sp³-hybridized carbons (Fsp3) is 0.400. The van der Waals surface area contributed by atoms with E-state index in [4.69, 9.17) is 4.74 Å². The van der Waals surface area contributed by atoms with Crippen molar-refractivity contribution in [1.82, 2.24) is 9.29 Å². The van der Waals surface area contributed by atoms with E-state index in [1.807, 2.05) is 21.0 Å². The monoisotopic (exact) mass is 420 g/mol. The Morgan fingerprint density at radius 3 is 2.41 bits per heavy atom. The van der Waals surface area contributed by atoms with Crippen LogP contribution in [0, 0.1) is 0 Å². The average molecular weight is 421 g/mol. The Balaban J connectivity index is 2.47. The highest BCUT2D eigenvalue weighted by molar-refractivity contribution is 7.89. The Morgan fingerprint density at radius 2 is 1.83 bits per heavy atom. The molecule has 1 N–H and O–H groups in total. The van der Waals surface area contributed by atoms with Crippen LogP contribution in [0.4, 0.5) is 11.4 Å². The maximum absolute atomic E-state index is 12.9. The summed E-state index contributed by atoms with van der Waals surface area (Å²) in [4.78, 5) is 18.9. The lowest BCUT2D eigenvalue weighted by Crippen LogP contribution is -2.30. The van der Waals surface area contributed by atoms with Gasteiger partial charge < -0.3 is 15.0 Å². The van der Waals surface area contributed by atoms with Crippen molar-refractivity contribution in [1.29, 1.82) is 0 Å². The van der Waals surface area contributed by atoms with E-state index in [1.54, 1.807) is 49.2 Å². The second-order valence-electron chi connectivity index (χ2n) is 6.41. The first kappa shape index (κ1) is 22.6. The number of rotatable bonds is 9. The number of ether oxygens (including phenoxy) is 1. The van der Waals surface area contributed by atoms with Crippen LogP contribution >= 0.6 is 0 Å². The van der Waals surface area contributed by atoms with Crippen molar-refractivity contribution in [3.63, 3.8) is 0 Å². The quantitative estimate of drug-likeness (QED) is 0.671. The molecule has 1 aromatic carbocycles. The number of carbonyl (C=O) groups is 1. The number of anilines is 2. The van der Waals surface area contributed by atoms with E-state index in [2.05, 4.69) is 10.3 Å². The molecule has 0 radical (unpaired) electrons. The molecule has 0 fully saturated rings. The van der Waals surface area contributed by atoms with Gasteiger partial charge in [0.15, 0.2) is 0 Å². The van der Waals surface area contributed by atoms with Gasteiger partial charge in [-0.1, -0.05) is 13.8 Å². The van der Waals surface area contributed by atoms with Crippen molar-refractivity contribution in [3.8, 4) is 5.88 Å². The zero-order valence-corrected chi connectivity index (χ0v) is 18.3. The highest BCUT2D eigenvalue weighted by Gasteiger charge is 2.24. The minimum Gasteiger partial charge on any atom is -0.477 e. The van der Waals surface area contributed by atoms with Gasteiger partial charge in [0.2, 0.25) is 15.9 Å². The molecule has 1 heterocycles. The summed E-state index contributed by atoms with van der Waals surface area (Å²) < 4.78 is 32.6. The first-order valence-electron chi connectivity index (χ1n) is 9.46. The Bertz CT molecular complexity index is 957. The predicted molar refractivity (Wildman–Crippen MR) is 114 cm³/mol. The molecule has 9 heteroatoms. The number of hydrogen-bond donors (Lipinski definition) is 1. The standard InChI is InChI=1S/C20H28N4O4S/c1-6-24(7-2)29(26,27)15-11-12-18(23(4)5)17(14-15)22-19(25)16-10-9-13-21-20(16)28-8-3/h9-14H,6-8H2,1-5H3,(H,22,25). The fourth-order valence-electron chi connectivity index (χ4n) is 2.88. The first-order chi connectivity index (χ1) is 13.8. The minimum atomic E-state index is -3.66. The van der Waals surface area contributed by atoms with Gasteiger partial charge in [-0.05, 0) is 37.3 Å². The number of nitrogens with zero attached hydrogens (tertiary/aromatic N) is 3. The van der Waals surface area contributed by atoms with Crippen molar-refractivity contribution in [3.05, 3.63) is 42.1 Å². The normalized spacial score (nSPS) is 11.4. The number of carbonyl (C=O) groups excluding carboxylic acids is 1. The lowest BCUT2D eigenvalue weighted by atomic mass is 10.2. The topological polar surface area (TPSA) is 91.8 Å². The number of nitrogens with one attached hydrogen (secondary N) is 1. The van der Waals surface area contributed by atoms with Crippen LogP contribution in [0.15, 0.2) is 41.4 Å². The summed E-state index contributed by atoms with van der Waals surface area (Å²) in [5.41, 5.74) is 1.34. The number of pyridine rings is 1. The molecule has 0 saturated heterocycles. The summed E-state index contributed by atoms with van der Waals surface area (Å²) in [7, 11) is -0.0195. The summed E-state index contributed by atoms with van der Waals surface area (Å²) in [6, 6.07) is 7.97. The molecule has 8 nitrogen and oxygen atoms in total. The highest BCUT2D eigenvalue weighted by atomic mass is 32.2. The van der Waals surface area contributed by atoms with E-state index in [-0.39, 0.29) is 16.3 Å². The lowest BCUT2D eigenvalue weighted by molar-refractivity contribution is 0.102. The second-order valence-corrected chi connectivity index (χ2v) is 8.34. The van der Waals surface area contributed by atoms with Gasteiger partial charge in [-0.2, -0.15) is 4.31 Å². The average Bonchev–Trinajstić information content (AvgIpc) is 2.69. The molecule has 0 aliphatic carbocycles. The van der Waals surface area contributed by atoms with Crippen molar-refractivity contribution in [2.45, 2.75) is 25.7 Å². The van der Waals surface area contributed by atoms with E-state index >= 15 is 0 Å². The molecule has 1 amide bonds. The van der Waals surface area contributed by atoms with E-state index in [0.717, 1.165) is 0 Å². The summed E-state index contributed by atoms with van der Waals surface area (Å²) in [5, 5.41) is 2.81. The van der Waals surface area contributed by atoms with Crippen molar-refractivity contribution >= 4 is 27.3 Å². The van der Waals surface area contributed by atoms with Gasteiger partial charge in [0.05, 0.1) is 22.9 Å². The van der Waals surface area contributed by atoms with Crippen LogP contribution < -0.4 is 15.0 Å². The Kier molecular flexibility index (Phi) is 7.58. The van der Waals surface area contributed by atoms with Crippen LogP contribution in [0.2, 0.25) is 0 Å². The van der Waals surface area contributed by atoms with Gasteiger partial charge in [0.25, 0.3) is 5.91 Å². The number of benzene rings is 1. The van der Waals surface area contributed by atoms with E-state index in [0.29, 0.717) is 31.1 Å². The summed E-state index contributed by atoms with van der Waals surface area (Å²) in [5.74, 6) is -0.201. The third-order valence-corrected chi connectivity index (χ3v) is 6.38. The Morgan fingerprint density at radius 1 is 1.14 bits per heavy atom. The van der Waals surface area contributed by atoms with Gasteiger partial charge in [-0.25, -0.2) is 13.4 Å². The van der Waals surface area contributed by atoms with Gasteiger partial charge in [0, 0.05) is 33.4 Å². The maximum atomic E-state index is 12.9. The summed E-state index contributed by atoms with van der Waals surface area (Å²) in [6.45, 7) is 6.48. The molecular weight excluding hydrogens is 392 g/mol. The molecule has 29 heavy (non-hydrogen) atoms. The molecule has 0 atom stereocenters. The smallest absolute Gasteiger partial charge is 0.261 e. The molecule has 0 aliphatic rings. The van der Waals surface area contributed by atoms with Crippen molar-refractivity contribution < 1.29 is 17.9 Å². The minimum absolute atomic E-state index is 0.123. The Labute approximate surface area is 172 Å². The molecule has 0 aliphatic heterocycles. The maximum Gasteiger partial charge on any atom is 0.261 e. The van der Waals surface area contributed by atoms with E-state index in [9.17, 15) is 13.2 Å².